The summed E-state index contributed by atoms with van der Waals surface area (Å²) in [6.07, 6.45) is 3.84. The first-order chi connectivity index (χ1) is 11.7. The number of halogens is 1. The third kappa shape index (κ3) is 3.84. The predicted octanol–water partition coefficient (Wildman–Crippen LogP) is 3.10. The molecule has 0 atom stereocenters. The molecule has 1 aromatic carbocycles. The molecule has 0 saturated carbocycles. The molecule has 3 rings (SSSR count). The molecular formula is C18H20ClN5. The van der Waals surface area contributed by atoms with Crippen molar-refractivity contribution < 1.29 is 0 Å². The summed E-state index contributed by atoms with van der Waals surface area (Å²) in [5.74, 6) is 0.917. The van der Waals surface area contributed by atoms with Gasteiger partial charge in [0.2, 0.25) is 0 Å². The number of rotatable bonds is 4. The summed E-state index contributed by atoms with van der Waals surface area (Å²) >= 11 is 5.97. The molecule has 2 heterocycles. The molecule has 0 N–H and O–H groups in total. The molecule has 0 aliphatic carbocycles. The van der Waals surface area contributed by atoms with Crippen molar-refractivity contribution in [2.45, 2.75) is 25.4 Å². The van der Waals surface area contributed by atoms with Crippen LogP contribution in [0.3, 0.4) is 0 Å². The van der Waals surface area contributed by atoms with Crippen LogP contribution in [0.2, 0.25) is 5.02 Å². The Labute approximate surface area is 147 Å². The minimum Gasteiger partial charge on any atom is -0.355 e. The van der Waals surface area contributed by atoms with E-state index in [1.165, 1.54) is 0 Å². The van der Waals surface area contributed by atoms with Crippen molar-refractivity contribution in [2.75, 3.05) is 25.0 Å². The van der Waals surface area contributed by atoms with Crippen LogP contribution in [0, 0.1) is 11.3 Å². The number of hydrogen-bond acceptors (Lipinski definition) is 5. The van der Waals surface area contributed by atoms with Gasteiger partial charge in [0.25, 0.3) is 0 Å². The topological polar surface area (TPSA) is 56.1 Å². The van der Waals surface area contributed by atoms with Gasteiger partial charge in [0.05, 0.1) is 11.6 Å². The zero-order valence-electron chi connectivity index (χ0n) is 13.7. The van der Waals surface area contributed by atoms with Gasteiger partial charge >= 0.3 is 0 Å². The summed E-state index contributed by atoms with van der Waals surface area (Å²) < 4.78 is 0. The molecule has 1 aliphatic rings. The van der Waals surface area contributed by atoms with Crippen LogP contribution in [0.25, 0.3) is 0 Å². The normalized spacial score (nSPS) is 15.9. The lowest BCUT2D eigenvalue weighted by atomic mass is 10.0. The smallest absolute Gasteiger partial charge is 0.151 e. The molecule has 0 radical (unpaired) electrons. The monoisotopic (exact) mass is 341 g/mol. The van der Waals surface area contributed by atoms with Crippen molar-refractivity contribution in [1.82, 2.24) is 15.1 Å². The summed E-state index contributed by atoms with van der Waals surface area (Å²) in [5.41, 5.74) is 1.71. The number of nitrogens with zero attached hydrogens (tertiary/aromatic N) is 5. The van der Waals surface area contributed by atoms with E-state index in [1.807, 2.05) is 24.3 Å². The third-order valence-corrected chi connectivity index (χ3v) is 4.85. The SMILES string of the molecule is CN(c1cccnn1)C1CCN(Cc2ccc(Cl)cc2C#N)CC1. The predicted molar refractivity (Wildman–Crippen MR) is 94.9 cm³/mol. The van der Waals surface area contributed by atoms with Crippen LogP contribution >= 0.6 is 11.6 Å². The molecule has 0 bridgehead atoms. The zero-order valence-corrected chi connectivity index (χ0v) is 14.4. The van der Waals surface area contributed by atoms with Gasteiger partial charge in [-0.05, 0) is 42.7 Å². The molecule has 24 heavy (non-hydrogen) atoms. The standard InChI is InChI=1S/C18H20ClN5/c1-23(18-3-2-8-21-22-18)17-6-9-24(10-7-17)13-14-4-5-16(19)11-15(14)12-20/h2-5,8,11,17H,6-7,9-10,13H2,1H3. The summed E-state index contributed by atoms with van der Waals surface area (Å²) in [7, 11) is 2.08. The van der Waals surface area contributed by atoms with Crippen LogP contribution in [-0.4, -0.2) is 41.3 Å². The van der Waals surface area contributed by atoms with Gasteiger partial charge in [-0.2, -0.15) is 10.4 Å². The molecule has 5 nitrogen and oxygen atoms in total. The van der Waals surface area contributed by atoms with E-state index < -0.39 is 0 Å². The first-order valence-corrected chi connectivity index (χ1v) is 8.46. The molecule has 6 heteroatoms. The van der Waals surface area contributed by atoms with E-state index in [2.05, 4.69) is 33.1 Å². The van der Waals surface area contributed by atoms with Crippen LogP contribution in [0.4, 0.5) is 5.82 Å². The lowest BCUT2D eigenvalue weighted by molar-refractivity contribution is 0.203. The molecule has 1 aliphatic heterocycles. The fourth-order valence-corrected chi connectivity index (χ4v) is 3.34. The fourth-order valence-electron chi connectivity index (χ4n) is 3.16. The summed E-state index contributed by atoms with van der Waals surface area (Å²) in [5, 5.41) is 18.0. The van der Waals surface area contributed by atoms with Crippen molar-refractivity contribution in [3.63, 3.8) is 0 Å². The highest BCUT2D eigenvalue weighted by atomic mass is 35.5. The highest BCUT2D eigenvalue weighted by Gasteiger charge is 2.23. The Morgan fingerprint density at radius 2 is 2.12 bits per heavy atom. The number of benzene rings is 1. The molecule has 1 saturated heterocycles. The first-order valence-electron chi connectivity index (χ1n) is 8.09. The fraction of sp³-hybridized carbons (Fsp3) is 0.389. The van der Waals surface area contributed by atoms with Crippen molar-refractivity contribution >= 4 is 17.4 Å². The van der Waals surface area contributed by atoms with E-state index in [1.54, 1.807) is 12.3 Å². The van der Waals surface area contributed by atoms with Gasteiger partial charge in [-0.25, -0.2) is 0 Å². The zero-order chi connectivity index (χ0) is 16.9. The molecule has 0 amide bonds. The number of hydrogen-bond donors (Lipinski definition) is 0. The largest absolute Gasteiger partial charge is 0.355 e. The summed E-state index contributed by atoms with van der Waals surface area (Å²) in [4.78, 5) is 4.61. The minimum absolute atomic E-state index is 0.471. The van der Waals surface area contributed by atoms with Gasteiger partial charge in [-0.3, -0.25) is 4.90 Å². The Hall–Kier alpha value is -2.16. The third-order valence-electron chi connectivity index (χ3n) is 4.61. The van der Waals surface area contributed by atoms with Crippen molar-refractivity contribution in [3.05, 3.63) is 52.7 Å². The molecule has 1 fully saturated rings. The molecule has 0 spiro atoms. The van der Waals surface area contributed by atoms with Gasteiger partial charge in [-0.15, -0.1) is 5.10 Å². The van der Waals surface area contributed by atoms with Gasteiger partial charge in [0.1, 0.15) is 0 Å². The second-order valence-corrected chi connectivity index (χ2v) is 6.55. The summed E-state index contributed by atoms with van der Waals surface area (Å²) in [6, 6.07) is 12.2. The number of anilines is 1. The molecular weight excluding hydrogens is 322 g/mol. The van der Waals surface area contributed by atoms with Crippen LogP contribution in [0.15, 0.2) is 36.5 Å². The average molecular weight is 342 g/mol. The van der Waals surface area contributed by atoms with Crippen molar-refractivity contribution in [1.29, 1.82) is 5.26 Å². The second kappa shape index (κ2) is 7.61. The Balaban J connectivity index is 1.59. The number of nitriles is 1. The van der Waals surface area contributed by atoms with Gasteiger partial charge in [0.15, 0.2) is 5.82 Å². The van der Waals surface area contributed by atoms with Crippen LogP contribution in [0.1, 0.15) is 24.0 Å². The molecule has 124 valence electrons. The summed E-state index contributed by atoms with van der Waals surface area (Å²) in [6.45, 7) is 2.80. The van der Waals surface area contributed by atoms with E-state index in [9.17, 15) is 5.26 Å². The van der Waals surface area contributed by atoms with Crippen LogP contribution in [0.5, 0.6) is 0 Å². The van der Waals surface area contributed by atoms with Crippen molar-refractivity contribution in [2.24, 2.45) is 0 Å². The van der Waals surface area contributed by atoms with E-state index >= 15 is 0 Å². The second-order valence-electron chi connectivity index (χ2n) is 6.11. The lowest BCUT2D eigenvalue weighted by Gasteiger charge is -2.37. The molecule has 1 aromatic heterocycles. The van der Waals surface area contributed by atoms with Crippen molar-refractivity contribution in [3.8, 4) is 6.07 Å². The Morgan fingerprint density at radius 3 is 2.79 bits per heavy atom. The number of aromatic nitrogens is 2. The maximum Gasteiger partial charge on any atom is 0.151 e. The number of piperidine rings is 1. The number of likely N-dealkylation sites (tertiary alicyclic amines) is 1. The van der Waals surface area contributed by atoms with Gasteiger partial charge < -0.3 is 4.90 Å². The Morgan fingerprint density at radius 1 is 1.33 bits per heavy atom. The van der Waals surface area contributed by atoms with Gasteiger partial charge in [0, 0.05) is 43.9 Å². The highest BCUT2D eigenvalue weighted by Crippen LogP contribution is 2.23. The van der Waals surface area contributed by atoms with E-state index in [-0.39, 0.29) is 0 Å². The van der Waals surface area contributed by atoms with Crippen LogP contribution < -0.4 is 4.90 Å². The van der Waals surface area contributed by atoms with Gasteiger partial charge in [-0.1, -0.05) is 17.7 Å². The maximum atomic E-state index is 9.27. The Kier molecular flexibility index (Phi) is 5.29. The lowest BCUT2D eigenvalue weighted by Crippen LogP contribution is -2.43. The molecule has 0 unspecified atom stereocenters. The van der Waals surface area contributed by atoms with E-state index in [0.717, 1.165) is 43.9 Å². The molecule has 2 aromatic rings. The minimum atomic E-state index is 0.471. The van der Waals surface area contributed by atoms with E-state index in [0.29, 0.717) is 16.6 Å². The average Bonchev–Trinajstić information content (AvgIpc) is 2.64. The highest BCUT2D eigenvalue weighted by molar-refractivity contribution is 6.30. The first kappa shape index (κ1) is 16.7. The Bertz CT molecular complexity index is 720. The van der Waals surface area contributed by atoms with E-state index in [4.69, 9.17) is 11.6 Å². The quantitative estimate of drug-likeness (QED) is 0.855. The van der Waals surface area contributed by atoms with Crippen LogP contribution in [-0.2, 0) is 6.54 Å². The maximum absolute atomic E-state index is 9.27.